The Bertz CT molecular complexity index is 446. The highest BCUT2D eigenvalue weighted by atomic mass is 32.1. The van der Waals surface area contributed by atoms with E-state index < -0.39 is 0 Å². The number of anilines is 1. The predicted molar refractivity (Wildman–Crippen MR) is 81.1 cm³/mol. The van der Waals surface area contributed by atoms with Gasteiger partial charge in [0.2, 0.25) is 0 Å². The van der Waals surface area contributed by atoms with Crippen LogP contribution in [0.1, 0.15) is 22.2 Å². The van der Waals surface area contributed by atoms with Gasteiger partial charge in [-0.05, 0) is 24.7 Å². The molecule has 0 aliphatic heterocycles. The Morgan fingerprint density at radius 3 is 2.79 bits per heavy atom. The predicted octanol–water partition coefficient (Wildman–Crippen LogP) is 2.03. The largest absolute Gasteiger partial charge is 0.465 e. The second-order valence-corrected chi connectivity index (χ2v) is 5.22. The molecule has 19 heavy (non-hydrogen) atoms. The van der Waals surface area contributed by atoms with Gasteiger partial charge in [0.05, 0.1) is 19.3 Å². The molecular formula is C12H18N2O3S2. The minimum absolute atomic E-state index is 0.363. The Labute approximate surface area is 122 Å². The number of rotatable bonds is 6. The van der Waals surface area contributed by atoms with Crippen molar-refractivity contribution in [1.82, 2.24) is 5.32 Å². The van der Waals surface area contributed by atoms with Gasteiger partial charge in [0, 0.05) is 18.5 Å². The zero-order valence-corrected chi connectivity index (χ0v) is 12.9. The molecule has 1 rings (SSSR count). The van der Waals surface area contributed by atoms with Crippen molar-refractivity contribution in [1.29, 1.82) is 0 Å². The summed E-state index contributed by atoms with van der Waals surface area (Å²) in [6.45, 7) is 3.21. The highest BCUT2D eigenvalue weighted by Crippen LogP contribution is 2.29. The third kappa shape index (κ3) is 4.77. The second kappa shape index (κ2) is 8.08. The van der Waals surface area contributed by atoms with E-state index in [1.807, 2.05) is 13.0 Å². The Morgan fingerprint density at radius 1 is 1.47 bits per heavy atom. The molecule has 0 fully saturated rings. The minimum atomic E-state index is -0.363. The van der Waals surface area contributed by atoms with E-state index in [0.29, 0.717) is 28.8 Å². The first-order valence-electron chi connectivity index (χ1n) is 5.87. The lowest BCUT2D eigenvalue weighted by Crippen LogP contribution is -2.31. The molecule has 0 radical (unpaired) electrons. The standard InChI is InChI=1S/C12H18N2O3S2/c1-4-8-7-9(11(15)17-3)10(19-8)14-12(18)13-5-6-16-2/h7H,4-6H2,1-3H3,(H2,13,14,18). The van der Waals surface area contributed by atoms with Gasteiger partial charge in [0.15, 0.2) is 5.11 Å². The number of methoxy groups -OCH3 is 2. The van der Waals surface area contributed by atoms with Crippen molar-refractivity contribution in [2.75, 3.05) is 32.7 Å². The molecule has 1 aromatic heterocycles. The van der Waals surface area contributed by atoms with Crippen LogP contribution in [0, 0.1) is 0 Å². The summed E-state index contributed by atoms with van der Waals surface area (Å²) in [4.78, 5) is 12.8. The Balaban J connectivity index is 2.73. The second-order valence-electron chi connectivity index (χ2n) is 3.67. The van der Waals surface area contributed by atoms with Gasteiger partial charge in [-0.25, -0.2) is 4.79 Å². The fourth-order valence-electron chi connectivity index (χ4n) is 1.38. The third-order valence-corrected chi connectivity index (χ3v) is 3.80. The molecule has 1 aromatic rings. The van der Waals surface area contributed by atoms with Crippen LogP contribution >= 0.6 is 23.6 Å². The maximum atomic E-state index is 11.7. The molecule has 0 aliphatic carbocycles. The Hall–Kier alpha value is -1.18. The zero-order valence-electron chi connectivity index (χ0n) is 11.2. The summed E-state index contributed by atoms with van der Waals surface area (Å²) in [5.41, 5.74) is 0.514. The Morgan fingerprint density at radius 2 is 2.21 bits per heavy atom. The molecule has 7 heteroatoms. The van der Waals surface area contributed by atoms with E-state index in [9.17, 15) is 4.79 Å². The van der Waals surface area contributed by atoms with E-state index in [0.717, 1.165) is 11.3 Å². The van der Waals surface area contributed by atoms with Crippen LogP contribution in [0.3, 0.4) is 0 Å². The zero-order chi connectivity index (χ0) is 14.3. The molecule has 0 aliphatic rings. The van der Waals surface area contributed by atoms with E-state index >= 15 is 0 Å². The summed E-state index contributed by atoms with van der Waals surface area (Å²) in [5, 5.41) is 7.19. The SMILES string of the molecule is CCc1cc(C(=O)OC)c(NC(=S)NCCOC)s1. The lowest BCUT2D eigenvalue weighted by atomic mass is 10.2. The molecule has 0 saturated heterocycles. The maximum Gasteiger partial charge on any atom is 0.340 e. The summed E-state index contributed by atoms with van der Waals surface area (Å²) in [7, 11) is 2.99. The van der Waals surface area contributed by atoms with Crippen molar-refractivity contribution in [3.05, 3.63) is 16.5 Å². The van der Waals surface area contributed by atoms with Gasteiger partial charge < -0.3 is 20.1 Å². The number of thiophene rings is 1. The van der Waals surface area contributed by atoms with Crippen molar-refractivity contribution in [3.63, 3.8) is 0 Å². The molecule has 0 bridgehead atoms. The molecule has 0 aromatic carbocycles. The highest BCUT2D eigenvalue weighted by Gasteiger charge is 2.16. The van der Waals surface area contributed by atoms with E-state index in [2.05, 4.69) is 10.6 Å². The number of ether oxygens (including phenoxy) is 2. The molecule has 2 N–H and O–H groups in total. The van der Waals surface area contributed by atoms with Gasteiger partial charge in [0.1, 0.15) is 5.00 Å². The topological polar surface area (TPSA) is 59.6 Å². The number of thiocarbonyl (C=S) groups is 1. The minimum Gasteiger partial charge on any atom is -0.465 e. The molecule has 0 spiro atoms. The van der Waals surface area contributed by atoms with Gasteiger partial charge in [-0.2, -0.15) is 0 Å². The first-order valence-corrected chi connectivity index (χ1v) is 7.09. The highest BCUT2D eigenvalue weighted by molar-refractivity contribution is 7.80. The lowest BCUT2D eigenvalue weighted by Gasteiger charge is -2.09. The number of hydrogen-bond acceptors (Lipinski definition) is 5. The van der Waals surface area contributed by atoms with Crippen LogP contribution in [0.4, 0.5) is 5.00 Å². The monoisotopic (exact) mass is 302 g/mol. The van der Waals surface area contributed by atoms with Gasteiger partial charge in [-0.15, -0.1) is 11.3 Å². The van der Waals surface area contributed by atoms with Crippen LogP contribution in [0.25, 0.3) is 0 Å². The maximum absolute atomic E-state index is 11.7. The van der Waals surface area contributed by atoms with Gasteiger partial charge in [-0.3, -0.25) is 0 Å². The Kier molecular flexibility index (Phi) is 6.75. The molecule has 1 heterocycles. The molecular weight excluding hydrogens is 284 g/mol. The quantitative estimate of drug-likeness (QED) is 0.476. The van der Waals surface area contributed by atoms with Crippen LogP contribution in [-0.2, 0) is 15.9 Å². The van der Waals surface area contributed by atoms with Gasteiger partial charge in [-0.1, -0.05) is 6.92 Å². The number of nitrogens with one attached hydrogen (secondary N) is 2. The number of carbonyl (C=O) groups is 1. The summed E-state index contributed by atoms with van der Waals surface area (Å²) >= 11 is 6.65. The molecule has 5 nitrogen and oxygen atoms in total. The summed E-state index contributed by atoms with van der Waals surface area (Å²) in [6.07, 6.45) is 0.861. The number of aryl methyl sites for hydroxylation is 1. The van der Waals surface area contributed by atoms with Crippen molar-refractivity contribution >= 4 is 39.6 Å². The van der Waals surface area contributed by atoms with Crippen molar-refractivity contribution in [2.45, 2.75) is 13.3 Å². The van der Waals surface area contributed by atoms with Crippen molar-refractivity contribution < 1.29 is 14.3 Å². The first-order chi connectivity index (χ1) is 9.12. The summed E-state index contributed by atoms with van der Waals surface area (Å²) in [6, 6.07) is 1.83. The molecule has 0 atom stereocenters. The fraction of sp³-hybridized carbons (Fsp3) is 0.500. The average Bonchev–Trinajstić information content (AvgIpc) is 2.81. The van der Waals surface area contributed by atoms with Crippen molar-refractivity contribution in [2.24, 2.45) is 0 Å². The van der Waals surface area contributed by atoms with Crippen LogP contribution in [0.15, 0.2) is 6.07 Å². The smallest absolute Gasteiger partial charge is 0.340 e. The molecule has 0 unspecified atom stereocenters. The fourth-order valence-corrected chi connectivity index (χ4v) is 2.64. The molecule has 0 saturated carbocycles. The molecule has 106 valence electrons. The first kappa shape index (κ1) is 15.9. The van der Waals surface area contributed by atoms with E-state index in [1.165, 1.54) is 18.4 Å². The number of hydrogen-bond donors (Lipinski definition) is 2. The summed E-state index contributed by atoms with van der Waals surface area (Å²) < 4.78 is 9.68. The van der Waals surface area contributed by atoms with E-state index in [-0.39, 0.29) is 5.97 Å². The van der Waals surface area contributed by atoms with Crippen LogP contribution in [0.5, 0.6) is 0 Å². The van der Waals surface area contributed by atoms with Crippen molar-refractivity contribution in [3.8, 4) is 0 Å². The number of esters is 1. The van der Waals surface area contributed by atoms with Gasteiger partial charge >= 0.3 is 5.97 Å². The van der Waals surface area contributed by atoms with Crippen LogP contribution < -0.4 is 10.6 Å². The average molecular weight is 302 g/mol. The summed E-state index contributed by atoms with van der Waals surface area (Å²) in [5.74, 6) is -0.363. The number of carbonyl (C=O) groups excluding carboxylic acids is 1. The van der Waals surface area contributed by atoms with E-state index in [1.54, 1.807) is 7.11 Å². The van der Waals surface area contributed by atoms with Crippen LogP contribution in [-0.4, -0.2) is 38.5 Å². The molecule has 0 amide bonds. The lowest BCUT2D eigenvalue weighted by molar-refractivity contribution is 0.0602. The third-order valence-electron chi connectivity index (χ3n) is 2.36. The van der Waals surface area contributed by atoms with Gasteiger partial charge in [0.25, 0.3) is 0 Å². The van der Waals surface area contributed by atoms with E-state index in [4.69, 9.17) is 21.7 Å². The normalized spacial score (nSPS) is 10.1. The van der Waals surface area contributed by atoms with Crippen LogP contribution in [0.2, 0.25) is 0 Å².